The van der Waals surface area contributed by atoms with E-state index in [-0.39, 0.29) is 0 Å². The molecule has 0 aliphatic heterocycles. The number of aliphatic hydroxyl groups is 1. The largest absolute Gasteiger partial charge is 0.378 e. The summed E-state index contributed by atoms with van der Waals surface area (Å²) in [5.74, 6) is 7.66. The van der Waals surface area contributed by atoms with Gasteiger partial charge in [-0.15, -0.1) is 0 Å². The van der Waals surface area contributed by atoms with Gasteiger partial charge in [0.05, 0.1) is 5.52 Å². The van der Waals surface area contributed by atoms with E-state index in [0.29, 0.717) is 5.95 Å². The summed E-state index contributed by atoms with van der Waals surface area (Å²) in [6, 6.07) is 18.2. The molecule has 32 heavy (non-hydrogen) atoms. The summed E-state index contributed by atoms with van der Waals surface area (Å²) in [5.41, 5.74) is 3.20. The predicted molar refractivity (Wildman–Crippen MR) is 128 cm³/mol. The Balaban J connectivity index is 1.45. The van der Waals surface area contributed by atoms with E-state index in [4.69, 9.17) is 4.98 Å². The summed E-state index contributed by atoms with van der Waals surface area (Å²) in [7, 11) is 0. The van der Waals surface area contributed by atoms with Crippen LogP contribution in [-0.2, 0) is 0 Å². The highest BCUT2D eigenvalue weighted by Gasteiger charge is 2.26. The van der Waals surface area contributed by atoms with Crippen molar-refractivity contribution >= 4 is 22.5 Å². The van der Waals surface area contributed by atoms with Gasteiger partial charge in [0.2, 0.25) is 5.95 Å². The zero-order chi connectivity index (χ0) is 22.0. The van der Waals surface area contributed by atoms with Crippen LogP contribution in [-0.4, -0.2) is 25.2 Å². The van der Waals surface area contributed by atoms with Gasteiger partial charge >= 0.3 is 0 Å². The Morgan fingerprint density at radius 1 is 1.03 bits per heavy atom. The van der Waals surface area contributed by atoms with Crippen molar-refractivity contribution < 1.29 is 5.11 Å². The SMILES string of the molecule is Cc1cccc(Nc2nccc(-n3ccc4ccc(C#CC5(O)CCCCC5)cc43)n2)c1. The summed E-state index contributed by atoms with van der Waals surface area (Å²) >= 11 is 0. The fourth-order valence-corrected chi connectivity index (χ4v) is 4.25. The summed E-state index contributed by atoms with van der Waals surface area (Å²) < 4.78 is 2.04. The zero-order valence-corrected chi connectivity index (χ0v) is 18.2. The first-order chi connectivity index (χ1) is 15.6. The molecule has 0 atom stereocenters. The lowest BCUT2D eigenvalue weighted by molar-refractivity contribution is 0.0610. The monoisotopic (exact) mass is 422 g/mol. The van der Waals surface area contributed by atoms with Crippen molar-refractivity contribution in [1.29, 1.82) is 0 Å². The van der Waals surface area contributed by atoms with E-state index in [0.717, 1.165) is 53.7 Å². The van der Waals surface area contributed by atoms with Crippen LogP contribution in [0.4, 0.5) is 11.6 Å². The number of benzene rings is 2. The van der Waals surface area contributed by atoms with E-state index < -0.39 is 5.60 Å². The normalized spacial score (nSPS) is 15.2. The van der Waals surface area contributed by atoms with E-state index >= 15 is 0 Å². The molecule has 2 N–H and O–H groups in total. The number of fused-ring (bicyclic) bond motifs is 1. The first kappa shape index (κ1) is 20.3. The lowest BCUT2D eigenvalue weighted by atomic mass is 9.85. The smallest absolute Gasteiger partial charge is 0.229 e. The Morgan fingerprint density at radius 2 is 1.91 bits per heavy atom. The average molecular weight is 423 g/mol. The summed E-state index contributed by atoms with van der Waals surface area (Å²) in [6.45, 7) is 2.06. The highest BCUT2D eigenvalue weighted by atomic mass is 16.3. The molecule has 2 heterocycles. The van der Waals surface area contributed by atoms with Crippen molar-refractivity contribution in [2.45, 2.75) is 44.6 Å². The molecule has 5 heteroatoms. The van der Waals surface area contributed by atoms with Gasteiger partial charge in [0.1, 0.15) is 11.4 Å². The zero-order valence-electron chi connectivity index (χ0n) is 18.2. The Kier molecular flexibility index (Phi) is 5.38. The van der Waals surface area contributed by atoms with Gasteiger partial charge in [0.25, 0.3) is 0 Å². The summed E-state index contributed by atoms with van der Waals surface area (Å²) in [5, 5.41) is 15.1. The number of anilines is 2. The van der Waals surface area contributed by atoms with E-state index in [2.05, 4.69) is 59.4 Å². The average Bonchev–Trinajstić information content (AvgIpc) is 3.22. The van der Waals surface area contributed by atoms with Gasteiger partial charge in [-0.3, -0.25) is 0 Å². The molecule has 1 saturated carbocycles. The second kappa shape index (κ2) is 8.49. The third kappa shape index (κ3) is 4.37. The minimum absolute atomic E-state index is 0.547. The van der Waals surface area contributed by atoms with Crippen LogP contribution in [0.1, 0.15) is 43.2 Å². The molecule has 1 aliphatic carbocycles. The molecular weight excluding hydrogens is 396 g/mol. The lowest BCUT2D eigenvalue weighted by Crippen LogP contribution is -2.29. The molecule has 1 fully saturated rings. The quantitative estimate of drug-likeness (QED) is 0.427. The van der Waals surface area contributed by atoms with Crippen molar-refractivity contribution in [3.05, 3.63) is 78.1 Å². The van der Waals surface area contributed by atoms with E-state index in [1.807, 2.05) is 35.0 Å². The molecule has 0 radical (unpaired) electrons. The Bertz CT molecular complexity index is 1320. The fraction of sp³-hybridized carbons (Fsp3) is 0.259. The maximum absolute atomic E-state index is 10.7. The van der Waals surface area contributed by atoms with Crippen LogP contribution < -0.4 is 5.32 Å². The molecule has 2 aromatic heterocycles. The maximum atomic E-state index is 10.7. The van der Waals surface area contributed by atoms with Crippen molar-refractivity contribution in [3.8, 4) is 17.7 Å². The molecule has 0 amide bonds. The highest BCUT2D eigenvalue weighted by Crippen LogP contribution is 2.28. The van der Waals surface area contributed by atoms with Crippen LogP contribution in [0.5, 0.6) is 0 Å². The minimum Gasteiger partial charge on any atom is -0.378 e. The van der Waals surface area contributed by atoms with Crippen LogP contribution in [0.15, 0.2) is 67.0 Å². The van der Waals surface area contributed by atoms with Gasteiger partial charge in [-0.2, -0.15) is 4.98 Å². The van der Waals surface area contributed by atoms with Crippen molar-refractivity contribution in [1.82, 2.24) is 14.5 Å². The van der Waals surface area contributed by atoms with Crippen molar-refractivity contribution in [2.75, 3.05) is 5.32 Å². The fourth-order valence-electron chi connectivity index (χ4n) is 4.25. The van der Waals surface area contributed by atoms with Gasteiger partial charge in [-0.1, -0.05) is 36.5 Å². The van der Waals surface area contributed by atoms with Crippen LogP contribution in [0.25, 0.3) is 16.7 Å². The van der Waals surface area contributed by atoms with Gasteiger partial charge in [0.15, 0.2) is 0 Å². The molecule has 1 aliphatic rings. The Morgan fingerprint density at radius 3 is 2.75 bits per heavy atom. The number of aromatic nitrogens is 3. The number of hydrogen-bond acceptors (Lipinski definition) is 4. The number of hydrogen-bond donors (Lipinski definition) is 2. The van der Waals surface area contributed by atoms with Gasteiger partial charge in [0, 0.05) is 29.0 Å². The number of rotatable bonds is 3. The highest BCUT2D eigenvalue weighted by molar-refractivity contribution is 5.83. The molecule has 160 valence electrons. The first-order valence-electron chi connectivity index (χ1n) is 11.1. The maximum Gasteiger partial charge on any atom is 0.229 e. The first-order valence-corrected chi connectivity index (χ1v) is 11.1. The number of nitrogens with zero attached hydrogens (tertiary/aromatic N) is 3. The standard InChI is InChI=1S/C27H26N4O/c1-20-6-5-7-23(18-20)29-26-28-16-11-25(30-26)31-17-12-22-9-8-21(19-24(22)31)10-15-27(32)13-3-2-4-14-27/h5-9,11-12,16-19,32H,2-4,13-14H2,1H3,(H,28,29,30). The summed E-state index contributed by atoms with van der Waals surface area (Å²) in [6.07, 6.45) is 8.55. The molecular formula is C27H26N4O. The summed E-state index contributed by atoms with van der Waals surface area (Å²) in [4.78, 5) is 9.09. The molecule has 2 aromatic carbocycles. The van der Waals surface area contributed by atoms with Crippen LogP contribution in [0, 0.1) is 18.8 Å². The number of nitrogens with one attached hydrogen (secondary N) is 1. The molecule has 0 spiro atoms. The van der Waals surface area contributed by atoms with Gasteiger partial charge in [-0.05, 0) is 74.6 Å². The van der Waals surface area contributed by atoms with E-state index in [9.17, 15) is 5.11 Å². The second-order valence-corrected chi connectivity index (χ2v) is 8.53. The Labute approximate surface area is 188 Å². The van der Waals surface area contributed by atoms with E-state index in [1.165, 1.54) is 12.0 Å². The topological polar surface area (TPSA) is 63.0 Å². The Hall–Kier alpha value is -3.62. The molecule has 0 bridgehead atoms. The third-order valence-electron chi connectivity index (χ3n) is 5.98. The van der Waals surface area contributed by atoms with Gasteiger partial charge < -0.3 is 15.0 Å². The van der Waals surface area contributed by atoms with Crippen molar-refractivity contribution in [3.63, 3.8) is 0 Å². The lowest BCUT2D eigenvalue weighted by Gasteiger charge is -2.26. The van der Waals surface area contributed by atoms with Gasteiger partial charge in [-0.25, -0.2) is 4.98 Å². The molecule has 5 nitrogen and oxygen atoms in total. The predicted octanol–water partition coefficient (Wildman–Crippen LogP) is 5.52. The third-order valence-corrected chi connectivity index (χ3v) is 5.98. The molecule has 5 rings (SSSR count). The molecule has 0 unspecified atom stereocenters. The van der Waals surface area contributed by atoms with Crippen LogP contribution >= 0.6 is 0 Å². The molecule has 0 saturated heterocycles. The minimum atomic E-state index is -0.849. The molecule has 4 aromatic rings. The van der Waals surface area contributed by atoms with Crippen LogP contribution in [0.2, 0.25) is 0 Å². The number of aryl methyl sites for hydroxylation is 1. The van der Waals surface area contributed by atoms with Crippen LogP contribution in [0.3, 0.4) is 0 Å². The van der Waals surface area contributed by atoms with Crippen molar-refractivity contribution in [2.24, 2.45) is 0 Å². The second-order valence-electron chi connectivity index (χ2n) is 8.53. The van der Waals surface area contributed by atoms with E-state index in [1.54, 1.807) is 6.20 Å².